The number of fused-ring (bicyclic) bond motifs is 1. The standard InChI is InChI=1S/C19H19NO3/c1-12-8-13(2)10-15(9-12)20-18(22)19(3)11-14-6-4-5-7-16(14)17(21)23-19/h4-10H,11H2,1-3H3,(H,20,22). The maximum Gasteiger partial charge on any atom is 0.339 e. The summed E-state index contributed by atoms with van der Waals surface area (Å²) >= 11 is 0. The molecule has 0 aliphatic carbocycles. The number of ether oxygens (including phenoxy) is 1. The average molecular weight is 309 g/mol. The molecule has 4 nitrogen and oxygen atoms in total. The van der Waals surface area contributed by atoms with E-state index in [0.717, 1.165) is 16.7 Å². The molecule has 1 heterocycles. The molecule has 2 aromatic rings. The SMILES string of the molecule is Cc1cc(C)cc(NC(=O)C2(C)Cc3ccccc3C(=O)O2)c1. The highest BCUT2D eigenvalue weighted by molar-refractivity contribution is 6.02. The largest absolute Gasteiger partial charge is 0.445 e. The van der Waals surface area contributed by atoms with Crippen molar-refractivity contribution in [1.29, 1.82) is 0 Å². The minimum absolute atomic E-state index is 0.314. The summed E-state index contributed by atoms with van der Waals surface area (Å²) in [6.45, 7) is 5.60. The zero-order valence-electron chi connectivity index (χ0n) is 13.5. The maximum absolute atomic E-state index is 12.7. The number of cyclic esters (lactones) is 1. The lowest BCUT2D eigenvalue weighted by atomic mass is 9.89. The molecule has 1 aliphatic heterocycles. The normalized spacial score (nSPS) is 19.7. The first kappa shape index (κ1) is 15.3. The van der Waals surface area contributed by atoms with Crippen molar-refractivity contribution in [3.63, 3.8) is 0 Å². The van der Waals surface area contributed by atoms with Crippen molar-refractivity contribution in [3.05, 3.63) is 64.7 Å². The van der Waals surface area contributed by atoms with Crippen molar-refractivity contribution in [3.8, 4) is 0 Å². The fourth-order valence-electron chi connectivity index (χ4n) is 2.97. The van der Waals surface area contributed by atoms with Crippen LogP contribution in [-0.4, -0.2) is 17.5 Å². The molecular weight excluding hydrogens is 290 g/mol. The van der Waals surface area contributed by atoms with Gasteiger partial charge in [0.2, 0.25) is 0 Å². The molecule has 1 N–H and O–H groups in total. The second-order valence-electron chi connectivity index (χ2n) is 6.28. The molecule has 4 heteroatoms. The lowest BCUT2D eigenvalue weighted by Gasteiger charge is -2.33. The van der Waals surface area contributed by atoms with Crippen LogP contribution in [-0.2, 0) is 16.0 Å². The molecule has 3 rings (SSSR count). The van der Waals surface area contributed by atoms with E-state index in [4.69, 9.17) is 4.74 Å². The lowest BCUT2D eigenvalue weighted by Crippen LogP contribution is -2.48. The van der Waals surface area contributed by atoms with Crippen LogP contribution >= 0.6 is 0 Å². The number of anilines is 1. The summed E-state index contributed by atoms with van der Waals surface area (Å²) in [6.07, 6.45) is 0.367. The molecule has 1 unspecified atom stereocenters. The van der Waals surface area contributed by atoms with E-state index in [1.807, 2.05) is 44.2 Å². The van der Waals surface area contributed by atoms with Gasteiger partial charge in [0.1, 0.15) is 0 Å². The lowest BCUT2D eigenvalue weighted by molar-refractivity contribution is -0.134. The van der Waals surface area contributed by atoms with Crippen molar-refractivity contribution in [2.45, 2.75) is 32.8 Å². The van der Waals surface area contributed by atoms with E-state index in [1.165, 1.54) is 0 Å². The number of amides is 1. The number of carbonyl (C=O) groups excluding carboxylic acids is 2. The number of hydrogen-bond donors (Lipinski definition) is 1. The van der Waals surface area contributed by atoms with Crippen LogP contribution in [0.15, 0.2) is 42.5 Å². The van der Waals surface area contributed by atoms with Crippen LogP contribution in [0.4, 0.5) is 5.69 Å². The zero-order chi connectivity index (χ0) is 16.6. The van der Waals surface area contributed by atoms with Gasteiger partial charge in [0.15, 0.2) is 5.60 Å². The van der Waals surface area contributed by atoms with E-state index in [-0.39, 0.29) is 5.91 Å². The molecule has 2 aromatic carbocycles. The first-order chi connectivity index (χ1) is 10.9. The summed E-state index contributed by atoms with van der Waals surface area (Å²) in [5.74, 6) is -0.768. The number of rotatable bonds is 2. The Labute approximate surface area is 135 Å². The molecule has 0 bridgehead atoms. The first-order valence-electron chi connectivity index (χ1n) is 7.58. The van der Waals surface area contributed by atoms with Crippen molar-refractivity contribution in [1.82, 2.24) is 0 Å². The first-order valence-corrected chi connectivity index (χ1v) is 7.58. The molecule has 0 radical (unpaired) electrons. The molecule has 1 aliphatic rings. The van der Waals surface area contributed by atoms with Gasteiger partial charge < -0.3 is 10.1 Å². The fraction of sp³-hybridized carbons (Fsp3) is 0.263. The average Bonchev–Trinajstić information content (AvgIpc) is 2.46. The molecule has 0 saturated carbocycles. The van der Waals surface area contributed by atoms with Gasteiger partial charge in [0.25, 0.3) is 5.91 Å². The Hall–Kier alpha value is -2.62. The van der Waals surface area contributed by atoms with Crippen molar-refractivity contribution in [2.24, 2.45) is 0 Å². The molecule has 0 aromatic heterocycles. The quantitative estimate of drug-likeness (QED) is 0.865. The number of nitrogens with one attached hydrogen (secondary N) is 1. The summed E-state index contributed by atoms with van der Waals surface area (Å²) in [7, 11) is 0. The fourth-order valence-corrected chi connectivity index (χ4v) is 2.97. The van der Waals surface area contributed by atoms with E-state index in [2.05, 4.69) is 5.32 Å². The summed E-state index contributed by atoms with van der Waals surface area (Å²) in [6, 6.07) is 13.1. The minimum atomic E-state index is -1.21. The second kappa shape index (κ2) is 5.54. The van der Waals surface area contributed by atoms with E-state index in [1.54, 1.807) is 19.1 Å². The predicted molar refractivity (Wildman–Crippen MR) is 88.5 cm³/mol. The molecule has 0 spiro atoms. The van der Waals surface area contributed by atoms with Gasteiger partial charge in [0, 0.05) is 12.1 Å². The van der Waals surface area contributed by atoms with Gasteiger partial charge in [-0.3, -0.25) is 4.79 Å². The number of hydrogen-bond acceptors (Lipinski definition) is 3. The third kappa shape index (κ3) is 2.97. The van der Waals surface area contributed by atoms with Crippen molar-refractivity contribution >= 4 is 17.6 Å². The van der Waals surface area contributed by atoms with Gasteiger partial charge >= 0.3 is 5.97 Å². The number of carbonyl (C=O) groups is 2. The predicted octanol–water partition coefficient (Wildman–Crippen LogP) is 3.41. The molecule has 0 fully saturated rings. The van der Waals surface area contributed by atoms with Crippen LogP contribution in [0.25, 0.3) is 0 Å². The Morgan fingerprint density at radius 1 is 1.13 bits per heavy atom. The van der Waals surface area contributed by atoms with E-state index < -0.39 is 11.6 Å². The van der Waals surface area contributed by atoms with Crippen LogP contribution in [0.1, 0.15) is 34.0 Å². The molecule has 23 heavy (non-hydrogen) atoms. The van der Waals surface area contributed by atoms with Crippen LogP contribution in [0.2, 0.25) is 0 Å². The summed E-state index contributed by atoms with van der Waals surface area (Å²) in [5.41, 5.74) is 3.01. The summed E-state index contributed by atoms with van der Waals surface area (Å²) in [5, 5.41) is 2.87. The maximum atomic E-state index is 12.7. The highest BCUT2D eigenvalue weighted by Crippen LogP contribution is 2.29. The Morgan fingerprint density at radius 3 is 2.48 bits per heavy atom. The van der Waals surface area contributed by atoms with Gasteiger partial charge in [-0.2, -0.15) is 0 Å². The third-order valence-electron chi connectivity index (χ3n) is 4.04. The Kier molecular flexibility index (Phi) is 3.68. The van der Waals surface area contributed by atoms with E-state index in [9.17, 15) is 9.59 Å². The topological polar surface area (TPSA) is 55.4 Å². The van der Waals surface area contributed by atoms with E-state index >= 15 is 0 Å². The van der Waals surface area contributed by atoms with Crippen LogP contribution in [0.3, 0.4) is 0 Å². The van der Waals surface area contributed by atoms with Crippen LogP contribution < -0.4 is 5.32 Å². The Balaban J connectivity index is 1.86. The van der Waals surface area contributed by atoms with Crippen molar-refractivity contribution < 1.29 is 14.3 Å². The smallest absolute Gasteiger partial charge is 0.339 e. The third-order valence-corrected chi connectivity index (χ3v) is 4.04. The van der Waals surface area contributed by atoms with Crippen LogP contribution in [0, 0.1) is 13.8 Å². The monoisotopic (exact) mass is 309 g/mol. The Morgan fingerprint density at radius 2 is 1.78 bits per heavy atom. The number of benzene rings is 2. The van der Waals surface area contributed by atoms with Crippen LogP contribution in [0.5, 0.6) is 0 Å². The van der Waals surface area contributed by atoms with Crippen molar-refractivity contribution in [2.75, 3.05) is 5.32 Å². The molecule has 1 amide bonds. The highest BCUT2D eigenvalue weighted by Gasteiger charge is 2.42. The summed E-state index contributed by atoms with van der Waals surface area (Å²) < 4.78 is 5.44. The van der Waals surface area contributed by atoms with Gasteiger partial charge in [0.05, 0.1) is 5.56 Å². The van der Waals surface area contributed by atoms with Gasteiger partial charge in [-0.05, 0) is 55.7 Å². The summed E-state index contributed by atoms with van der Waals surface area (Å²) in [4.78, 5) is 24.8. The zero-order valence-corrected chi connectivity index (χ0v) is 13.5. The molecule has 1 atom stereocenters. The van der Waals surface area contributed by atoms with E-state index in [0.29, 0.717) is 17.7 Å². The van der Waals surface area contributed by atoms with Gasteiger partial charge in [-0.25, -0.2) is 4.79 Å². The second-order valence-corrected chi connectivity index (χ2v) is 6.28. The Bertz CT molecular complexity index is 777. The number of esters is 1. The molecule has 0 saturated heterocycles. The highest BCUT2D eigenvalue weighted by atomic mass is 16.6. The minimum Gasteiger partial charge on any atom is -0.445 e. The van der Waals surface area contributed by atoms with Gasteiger partial charge in [-0.15, -0.1) is 0 Å². The van der Waals surface area contributed by atoms with Gasteiger partial charge in [-0.1, -0.05) is 24.3 Å². The number of aryl methyl sites for hydroxylation is 2. The molecular formula is C19H19NO3. The molecule has 118 valence electrons.